The summed E-state index contributed by atoms with van der Waals surface area (Å²) in [4.78, 5) is 25.6. The molecule has 2 aliphatic rings. The highest BCUT2D eigenvalue weighted by molar-refractivity contribution is 5.92. The molecule has 1 N–H and O–H groups in total. The number of pyridine rings is 1. The Hall–Kier alpha value is -5.04. The minimum absolute atomic E-state index is 0.0440. The fourth-order valence-corrected chi connectivity index (χ4v) is 5.60. The molecule has 11 nitrogen and oxygen atoms in total. The van der Waals surface area contributed by atoms with E-state index in [2.05, 4.69) is 32.3 Å². The molecular formula is C32H30FN7O4. The number of benzene rings is 2. The van der Waals surface area contributed by atoms with Crippen molar-refractivity contribution in [1.82, 2.24) is 19.4 Å². The molecule has 0 unspecified atom stereocenters. The number of hydrogen-bond donors (Lipinski definition) is 1. The van der Waals surface area contributed by atoms with Crippen LogP contribution >= 0.6 is 0 Å². The van der Waals surface area contributed by atoms with Gasteiger partial charge in [0.15, 0.2) is 0 Å². The number of carboxylic acids is 1. The van der Waals surface area contributed by atoms with E-state index in [1.54, 1.807) is 24.3 Å². The third-order valence-electron chi connectivity index (χ3n) is 8.24. The molecule has 0 bridgehead atoms. The van der Waals surface area contributed by atoms with Crippen LogP contribution in [0.1, 0.15) is 52.3 Å². The lowest BCUT2D eigenvalue weighted by Crippen LogP contribution is -2.48. The topological polar surface area (TPSA) is 141 Å². The average Bonchev–Trinajstić information content (AvgIpc) is 3.39. The highest BCUT2D eigenvalue weighted by Crippen LogP contribution is 2.30. The molecule has 44 heavy (non-hydrogen) atoms. The minimum atomic E-state index is -0.977. The summed E-state index contributed by atoms with van der Waals surface area (Å²) in [7, 11) is 0. The maximum absolute atomic E-state index is 14.3. The summed E-state index contributed by atoms with van der Waals surface area (Å²) in [6.07, 6.45) is 1.03. The quantitative estimate of drug-likeness (QED) is 0.298. The molecule has 12 heteroatoms. The average molecular weight is 596 g/mol. The van der Waals surface area contributed by atoms with Gasteiger partial charge in [-0.15, -0.1) is 0 Å². The molecule has 2 fully saturated rings. The van der Waals surface area contributed by atoms with Crippen LogP contribution in [0.3, 0.4) is 0 Å². The van der Waals surface area contributed by atoms with Crippen molar-refractivity contribution >= 4 is 22.8 Å². The lowest BCUT2D eigenvalue weighted by Gasteiger charge is -2.38. The van der Waals surface area contributed by atoms with Crippen molar-refractivity contribution in [2.45, 2.75) is 38.6 Å². The van der Waals surface area contributed by atoms with Gasteiger partial charge in [-0.1, -0.05) is 6.07 Å². The Morgan fingerprint density at radius 2 is 1.86 bits per heavy atom. The van der Waals surface area contributed by atoms with E-state index in [9.17, 15) is 19.6 Å². The van der Waals surface area contributed by atoms with Crippen molar-refractivity contribution in [1.29, 1.82) is 10.5 Å². The van der Waals surface area contributed by atoms with E-state index >= 15 is 0 Å². The molecule has 2 atom stereocenters. The first kappa shape index (κ1) is 29.1. The minimum Gasteiger partial charge on any atom is -0.478 e. The first-order chi connectivity index (χ1) is 21.3. The smallest absolute Gasteiger partial charge is 0.335 e. The number of aromatic nitrogens is 3. The Balaban J connectivity index is 1.17. The fourth-order valence-electron chi connectivity index (χ4n) is 5.60. The van der Waals surface area contributed by atoms with E-state index in [1.165, 1.54) is 18.2 Å². The number of carboxylic acid groups (broad SMARTS) is 1. The zero-order valence-corrected chi connectivity index (χ0v) is 24.1. The summed E-state index contributed by atoms with van der Waals surface area (Å²) in [5, 5.41) is 28.1. The van der Waals surface area contributed by atoms with Gasteiger partial charge in [-0.05, 0) is 49.7 Å². The van der Waals surface area contributed by atoms with Crippen molar-refractivity contribution in [3.63, 3.8) is 0 Å². The van der Waals surface area contributed by atoms with Crippen molar-refractivity contribution in [3.8, 4) is 18.0 Å². The van der Waals surface area contributed by atoms with Crippen LogP contribution in [0.15, 0.2) is 48.5 Å². The summed E-state index contributed by atoms with van der Waals surface area (Å²) >= 11 is 0. The van der Waals surface area contributed by atoms with Gasteiger partial charge in [-0.25, -0.2) is 14.2 Å². The van der Waals surface area contributed by atoms with Crippen LogP contribution in [0.25, 0.3) is 11.0 Å². The molecule has 2 saturated heterocycles. The van der Waals surface area contributed by atoms with Gasteiger partial charge >= 0.3 is 5.97 Å². The number of fused-ring (bicyclic) bond motifs is 1. The van der Waals surface area contributed by atoms with Gasteiger partial charge in [0, 0.05) is 44.4 Å². The second-order valence-corrected chi connectivity index (χ2v) is 10.9. The molecule has 0 aliphatic carbocycles. The summed E-state index contributed by atoms with van der Waals surface area (Å²) in [5.41, 5.74) is 2.65. The van der Waals surface area contributed by atoms with E-state index in [4.69, 9.17) is 19.7 Å². The van der Waals surface area contributed by atoms with Crippen molar-refractivity contribution in [2.75, 3.05) is 37.7 Å². The zero-order valence-electron chi connectivity index (χ0n) is 24.1. The third-order valence-corrected chi connectivity index (χ3v) is 8.24. The van der Waals surface area contributed by atoms with Crippen LogP contribution in [0.4, 0.5) is 10.2 Å². The largest absolute Gasteiger partial charge is 0.478 e. The first-order valence-electron chi connectivity index (χ1n) is 14.4. The van der Waals surface area contributed by atoms with Crippen LogP contribution in [0.5, 0.6) is 5.88 Å². The lowest BCUT2D eigenvalue weighted by atomic mass is 10.1. The van der Waals surface area contributed by atoms with Crippen LogP contribution < -0.4 is 9.64 Å². The predicted molar refractivity (Wildman–Crippen MR) is 158 cm³/mol. The van der Waals surface area contributed by atoms with Gasteiger partial charge in [0.05, 0.1) is 58.6 Å². The normalized spacial score (nSPS) is 17.5. The SMILES string of the molecule is C[C@@H](c1nc2ccc(C(=O)O)cc2n1C[C@@H]1CCO1)N1CCN(c2cc(C#N)cc(OCc3ccc(C#N)cc3F)n2)CC1. The summed E-state index contributed by atoms with van der Waals surface area (Å²) in [6, 6.07) is 16.5. The van der Waals surface area contributed by atoms with Gasteiger partial charge in [0.1, 0.15) is 24.1 Å². The Labute approximate surface area is 253 Å². The molecular weight excluding hydrogens is 565 g/mol. The van der Waals surface area contributed by atoms with Crippen molar-refractivity contribution in [3.05, 3.63) is 82.4 Å². The number of nitrogens with zero attached hydrogens (tertiary/aromatic N) is 7. The molecule has 0 radical (unpaired) electrons. The number of halogens is 1. The Morgan fingerprint density at radius 3 is 2.52 bits per heavy atom. The second kappa shape index (κ2) is 12.3. The number of carbonyl (C=O) groups is 1. The fraction of sp³-hybridized carbons (Fsp3) is 0.344. The highest BCUT2D eigenvalue weighted by atomic mass is 19.1. The lowest BCUT2D eigenvalue weighted by molar-refractivity contribution is -0.0594. The van der Waals surface area contributed by atoms with E-state index in [0.29, 0.717) is 44.1 Å². The standard InChI is InChI=1S/C32H30FN7O4/c1-20(31-36-27-5-4-23(32(41)42)15-28(27)40(31)18-25-6-11-43-25)38-7-9-39(10-8-38)29-13-22(17-35)14-30(37-29)44-19-24-3-2-21(16-34)12-26(24)33/h2-5,12-15,20,25H,6-11,18-19H2,1H3,(H,41,42)/t20-,25-/m0/s1. The van der Waals surface area contributed by atoms with Crippen LogP contribution in [0, 0.1) is 28.5 Å². The van der Waals surface area contributed by atoms with E-state index < -0.39 is 11.8 Å². The number of aromatic carboxylic acids is 1. The molecule has 0 amide bonds. The Morgan fingerprint density at radius 1 is 1.09 bits per heavy atom. The second-order valence-electron chi connectivity index (χ2n) is 10.9. The predicted octanol–water partition coefficient (Wildman–Crippen LogP) is 4.26. The molecule has 2 aliphatic heterocycles. The number of nitriles is 2. The van der Waals surface area contributed by atoms with Crippen LogP contribution in [-0.4, -0.2) is 69.4 Å². The summed E-state index contributed by atoms with van der Waals surface area (Å²) in [6.45, 7) is 6.05. The first-order valence-corrected chi connectivity index (χ1v) is 14.4. The molecule has 4 heterocycles. The highest BCUT2D eigenvalue weighted by Gasteiger charge is 2.29. The molecule has 4 aromatic rings. The van der Waals surface area contributed by atoms with Gasteiger partial charge in [-0.3, -0.25) is 4.90 Å². The summed E-state index contributed by atoms with van der Waals surface area (Å²) in [5.74, 6) is 0.159. The monoisotopic (exact) mass is 595 g/mol. The number of piperazine rings is 1. The molecule has 0 spiro atoms. The summed E-state index contributed by atoms with van der Waals surface area (Å²) < 4.78 is 27.9. The third kappa shape index (κ3) is 5.91. The Kier molecular flexibility index (Phi) is 8.11. The molecule has 2 aromatic carbocycles. The van der Waals surface area contributed by atoms with Crippen molar-refractivity contribution < 1.29 is 23.8 Å². The maximum atomic E-state index is 14.3. The number of rotatable bonds is 9. The molecule has 2 aromatic heterocycles. The number of ether oxygens (including phenoxy) is 2. The van der Waals surface area contributed by atoms with Crippen LogP contribution in [-0.2, 0) is 17.9 Å². The molecule has 6 rings (SSSR count). The number of imidazole rings is 1. The van der Waals surface area contributed by atoms with E-state index in [1.807, 2.05) is 6.07 Å². The van der Waals surface area contributed by atoms with Gasteiger partial charge in [0.25, 0.3) is 0 Å². The number of hydrogen-bond acceptors (Lipinski definition) is 9. The molecule has 0 saturated carbocycles. The number of anilines is 1. The van der Waals surface area contributed by atoms with E-state index in [0.717, 1.165) is 36.0 Å². The van der Waals surface area contributed by atoms with Crippen molar-refractivity contribution in [2.24, 2.45) is 0 Å². The van der Waals surface area contributed by atoms with E-state index in [-0.39, 0.29) is 41.3 Å². The van der Waals surface area contributed by atoms with Gasteiger partial charge in [0.2, 0.25) is 5.88 Å². The van der Waals surface area contributed by atoms with Gasteiger partial charge in [-0.2, -0.15) is 15.5 Å². The Bertz CT molecular complexity index is 1800. The maximum Gasteiger partial charge on any atom is 0.335 e. The van der Waals surface area contributed by atoms with Crippen LogP contribution in [0.2, 0.25) is 0 Å². The molecule has 224 valence electrons. The van der Waals surface area contributed by atoms with Gasteiger partial charge < -0.3 is 24.0 Å². The zero-order chi connectivity index (χ0) is 30.8.